The lowest BCUT2D eigenvalue weighted by Gasteiger charge is -2.08. The van der Waals surface area contributed by atoms with Gasteiger partial charge in [-0.1, -0.05) is 11.6 Å². The van der Waals surface area contributed by atoms with Gasteiger partial charge < -0.3 is 4.74 Å². The summed E-state index contributed by atoms with van der Waals surface area (Å²) in [5.41, 5.74) is 5.33. The Bertz CT molecular complexity index is 674. The first-order chi connectivity index (χ1) is 10.6. The maximum Gasteiger partial charge on any atom is 0.269 e. The molecule has 0 aliphatic rings. The fraction of sp³-hybridized carbons (Fsp3) is 0.133. The summed E-state index contributed by atoms with van der Waals surface area (Å²) in [6, 6.07) is 9.47. The van der Waals surface area contributed by atoms with Gasteiger partial charge in [-0.25, -0.2) is 4.98 Å². The van der Waals surface area contributed by atoms with Crippen LogP contribution in [0.5, 0.6) is 5.75 Å². The van der Waals surface area contributed by atoms with Crippen molar-refractivity contribution in [2.45, 2.75) is 6.92 Å². The smallest absolute Gasteiger partial charge is 0.269 e. The predicted molar refractivity (Wildman–Crippen MR) is 81.8 cm³/mol. The summed E-state index contributed by atoms with van der Waals surface area (Å²) < 4.78 is 5.29. The molecule has 0 fully saturated rings. The van der Waals surface area contributed by atoms with E-state index in [1.807, 2.05) is 6.92 Å². The van der Waals surface area contributed by atoms with Gasteiger partial charge in [0.05, 0.1) is 6.61 Å². The van der Waals surface area contributed by atoms with Crippen molar-refractivity contribution in [1.29, 1.82) is 0 Å². The third-order valence-electron chi connectivity index (χ3n) is 2.71. The van der Waals surface area contributed by atoms with E-state index >= 15 is 0 Å². The summed E-state index contributed by atoms with van der Waals surface area (Å²) in [7, 11) is 0. The summed E-state index contributed by atoms with van der Waals surface area (Å²) in [5, 5.41) is 0.200. The van der Waals surface area contributed by atoms with Crippen LogP contribution in [0.25, 0.3) is 0 Å². The quantitative estimate of drug-likeness (QED) is 0.669. The average molecular weight is 320 g/mol. The van der Waals surface area contributed by atoms with Gasteiger partial charge in [0, 0.05) is 17.3 Å². The molecule has 2 rings (SSSR count). The van der Waals surface area contributed by atoms with Crippen molar-refractivity contribution in [3.8, 4) is 5.75 Å². The molecule has 0 saturated carbocycles. The van der Waals surface area contributed by atoms with Gasteiger partial charge in [0.15, 0.2) is 0 Å². The number of hydrazine groups is 1. The van der Waals surface area contributed by atoms with E-state index in [1.165, 1.54) is 18.3 Å². The number of halogens is 1. The van der Waals surface area contributed by atoms with E-state index in [1.54, 1.807) is 24.3 Å². The second-order valence-electron chi connectivity index (χ2n) is 4.23. The zero-order valence-electron chi connectivity index (χ0n) is 11.8. The molecular weight excluding hydrogens is 306 g/mol. The van der Waals surface area contributed by atoms with E-state index in [9.17, 15) is 9.59 Å². The number of nitrogens with zero attached hydrogens (tertiary/aromatic N) is 1. The van der Waals surface area contributed by atoms with Crippen molar-refractivity contribution < 1.29 is 14.3 Å². The van der Waals surface area contributed by atoms with Gasteiger partial charge in [-0.05, 0) is 43.3 Å². The maximum atomic E-state index is 11.9. The fourth-order valence-electron chi connectivity index (χ4n) is 1.67. The van der Waals surface area contributed by atoms with Crippen LogP contribution in [0.2, 0.25) is 5.15 Å². The highest BCUT2D eigenvalue weighted by atomic mass is 35.5. The Morgan fingerprint density at radius 3 is 2.32 bits per heavy atom. The topological polar surface area (TPSA) is 80.3 Å². The molecule has 0 unspecified atom stereocenters. The molecule has 0 bridgehead atoms. The summed E-state index contributed by atoms with van der Waals surface area (Å²) in [5.74, 6) is -0.241. The molecule has 2 aromatic rings. The van der Waals surface area contributed by atoms with E-state index in [-0.39, 0.29) is 5.15 Å². The molecule has 0 aliphatic carbocycles. The van der Waals surface area contributed by atoms with Gasteiger partial charge in [-0.3, -0.25) is 20.4 Å². The molecule has 0 atom stereocenters. The first-order valence-electron chi connectivity index (χ1n) is 6.55. The van der Waals surface area contributed by atoms with Crippen LogP contribution >= 0.6 is 11.6 Å². The Hall–Kier alpha value is -2.60. The number of carbonyl (C=O) groups excluding carboxylic acids is 2. The summed E-state index contributed by atoms with van der Waals surface area (Å²) in [6.45, 7) is 2.43. The number of nitrogens with one attached hydrogen (secondary N) is 2. The highest BCUT2D eigenvalue weighted by Crippen LogP contribution is 2.12. The largest absolute Gasteiger partial charge is 0.494 e. The molecule has 2 N–H and O–H groups in total. The molecule has 0 saturated heterocycles. The summed E-state index contributed by atoms with van der Waals surface area (Å²) in [4.78, 5) is 27.5. The Labute approximate surface area is 132 Å². The molecular formula is C15H14ClN3O3. The molecule has 7 heteroatoms. The Morgan fingerprint density at radius 2 is 1.73 bits per heavy atom. The zero-order chi connectivity index (χ0) is 15.9. The van der Waals surface area contributed by atoms with E-state index in [2.05, 4.69) is 15.8 Å². The molecule has 2 amide bonds. The molecule has 0 aliphatic heterocycles. The summed E-state index contributed by atoms with van der Waals surface area (Å²) >= 11 is 5.70. The lowest BCUT2D eigenvalue weighted by atomic mass is 10.2. The first kappa shape index (κ1) is 15.8. The van der Waals surface area contributed by atoms with E-state index in [0.29, 0.717) is 23.5 Å². The fourth-order valence-corrected chi connectivity index (χ4v) is 1.84. The van der Waals surface area contributed by atoms with Crippen LogP contribution in [-0.4, -0.2) is 23.4 Å². The maximum absolute atomic E-state index is 11.9. The number of amides is 2. The van der Waals surface area contributed by atoms with Crippen molar-refractivity contribution in [3.05, 3.63) is 58.9 Å². The highest BCUT2D eigenvalue weighted by molar-refractivity contribution is 6.29. The third-order valence-corrected chi connectivity index (χ3v) is 2.91. The molecule has 0 radical (unpaired) electrons. The molecule has 6 nitrogen and oxygen atoms in total. The van der Waals surface area contributed by atoms with Crippen LogP contribution < -0.4 is 15.6 Å². The minimum Gasteiger partial charge on any atom is -0.494 e. The molecule has 1 aromatic carbocycles. The van der Waals surface area contributed by atoms with Gasteiger partial charge in [0.2, 0.25) is 0 Å². The molecule has 22 heavy (non-hydrogen) atoms. The number of ether oxygens (including phenoxy) is 1. The molecule has 1 aromatic heterocycles. The van der Waals surface area contributed by atoms with E-state index in [0.717, 1.165) is 0 Å². The second kappa shape index (κ2) is 7.42. The molecule has 0 spiro atoms. The van der Waals surface area contributed by atoms with Gasteiger partial charge in [0.25, 0.3) is 11.8 Å². The second-order valence-corrected chi connectivity index (χ2v) is 4.62. The lowest BCUT2D eigenvalue weighted by molar-refractivity contribution is 0.0846. The van der Waals surface area contributed by atoms with Crippen molar-refractivity contribution in [2.24, 2.45) is 0 Å². The number of rotatable bonds is 4. The number of aromatic nitrogens is 1. The Kier molecular flexibility index (Phi) is 5.32. The van der Waals surface area contributed by atoms with Crippen LogP contribution in [0.15, 0.2) is 42.6 Å². The highest BCUT2D eigenvalue weighted by Gasteiger charge is 2.09. The van der Waals surface area contributed by atoms with Crippen LogP contribution in [0.3, 0.4) is 0 Å². The summed E-state index contributed by atoms with van der Waals surface area (Å²) in [6.07, 6.45) is 1.41. The predicted octanol–water partition coefficient (Wildman–Crippen LogP) is 2.21. The van der Waals surface area contributed by atoms with Crippen molar-refractivity contribution in [2.75, 3.05) is 6.61 Å². The Balaban J connectivity index is 1.93. The monoisotopic (exact) mass is 319 g/mol. The van der Waals surface area contributed by atoms with Gasteiger partial charge >= 0.3 is 0 Å². The van der Waals surface area contributed by atoms with Gasteiger partial charge in [-0.2, -0.15) is 0 Å². The minimum absolute atomic E-state index is 0.200. The number of hydrogen-bond donors (Lipinski definition) is 2. The number of carbonyl (C=O) groups is 2. The van der Waals surface area contributed by atoms with Crippen LogP contribution in [0, 0.1) is 0 Å². The number of hydrogen-bond acceptors (Lipinski definition) is 4. The van der Waals surface area contributed by atoms with E-state index < -0.39 is 11.8 Å². The number of benzene rings is 1. The standard InChI is InChI=1S/C15H14ClN3O3/c1-2-22-12-5-3-10(4-6-12)14(20)18-19-15(21)11-7-8-17-13(16)9-11/h3-9H,2H2,1H3,(H,18,20)(H,19,21). The van der Waals surface area contributed by atoms with Crippen molar-refractivity contribution in [3.63, 3.8) is 0 Å². The molecule has 1 heterocycles. The third kappa shape index (κ3) is 4.20. The van der Waals surface area contributed by atoms with Crippen molar-refractivity contribution in [1.82, 2.24) is 15.8 Å². The average Bonchev–Trinajstić information content (AvgIpc) is 2.53. The van der Waals surface area contributed by atoms with Gasteiger partial charge in [-0.15, -0.1) is 0 Å². The lowest BCUT2D eigenvalue weighted by Crippen LogP contribution is -2.41. The zero-order valence-corrected chi connectivity index (χ0v) is 12.6. The Morgan fingerprint density at radius 1 is 1.09 bits per heavy atom. The SMILES string of the molecule is CCOc1ccc(C(=O)NNC(=O)c2ccnc(Cl)c2)cc1. The minimum atomic E-state index is -0.483. The van der Waals surface area contributed by atoms with Crippen molar-refractivity contribution >= 4 is 23.4 Å². The van der Waals surface area contributed by atoms with Gasteiger partial charge in [0.1, 0.15) is 10.9 Å². The number of pyridine rings is 1. The first-order valence-corrected chi connectivity index (χ1v) is 6.93. The van der Waals surface area contributed by atoms with Crippen LogP contribution in [-0.2, 0) is 0 Å². The van der Waals surface area contributed by atoms with Crippen LogP contribution in [0.4, 0.5) is 0 Å². The van der Waals surface area contributed by atoms with Crippen LogP contribution in [0.1, 0.15) is 27.6 Å². The van der Waals surface area contributed by atoms with E-state index in [4.69, 9.17) is 16.3 Å². The normalized spacial score (nSPS) is 9.91. The molecule has 114 valence electrons.